The van der Waals surface area contributed by atoms with Gasteiger partial charge in [0.15, 0.2) is 5.65 Å². The first-order valence-electron chi connectivity index (χ1n) is 11.1. The van der Waals surface area contributed by atoms with Gasteiger partial charge in [-0.2, -0.15) is 5.10 Å². The molecule has 2 aromatic heterocycles. The van der Waals surface area contributed by atoms with Gasteiger partial charge in [-0.25, -0.2) is 9.67 Å². The average molecular weight is 438 g/mol. The van der Waals surface area contributed by atoms with Crippen LogP contribution in [0.3, 0.4) is 0 Å². The maximum absolute atomic E-state index is 13.0. The zero-order valence-corrected chi connectivity index (χ0v) is 19.0. The first-order valence-corrected chi connectivity index (χ1v) is 11.1. The first-order chi connectivity index (χ1) is 15.4. The minimum absolute atomic E-state index is 0.0558. The SMILES string of the molecule is Cc1nn(-c2ccccc2)c2c1nc(CCC(=O)NCCN1CCN(C)CC1)c(=O)n2C. The van der Waals surface area contributed by atoms with Gasteiger partial charge >= 0.3 is 0 Å². The number of aryl methyl sites for hydroxylation is 3. The second-order valence-corrected chi connectivity index (χ2v) is 8.42. The average Bonchev–Trinajstić information content (AvgIpc) is 3.13. The summed E-state index contributed by atoms with van der Waals surface area (Å²) in [7, 11) is 3.86. The Balaban J connectivity index is 1.41. The molecule has 0 saturated carbocycles. The lowest BCUT2D eigenvalue weighted by atomic mass is 10.2. The molecule has 0 atom stereocenters. The van der Waals surface area contributed by atoms with Crippen molar-refractivity contribution >= 4 is 17.1 Å². The van der Waals surface area contributed by atoms with E-state index in [0.29, 0.717) is 29.8 Å². The number of hydrogen-bond acceptors (Lipinski definition) is 6. The second-order valence-electron chi connectivity index (χ2n) is 8.42. The van der Waals surface area contributed by atoms with Crippen LogP contribution in [0.5, 0.6) is 0 Å². The third-order valence-electron chi connectivity index (χ3n) is 6.06. The minimum atomic E-state index is -0.195. The number of carbonyl (C=O) groups excluding carboxylic acids is 1. The molecule has 3 aromatic rings. The quantitative estimate of drug-likeness (QED) is 0.586. The molecular formula is C23H31N7O2. The van der Waals surface area contributed by atoms with Crippen LogP contribution in [-0.4, -0.2) is 81.4 Å². The molecule has 1 aliphatic heterocycles. The van der Waals surface area contributed by atoms with Gasteiger partial charge in [-0.1, -0.05) is 18.2 Å². The molecule has 0 radical (unpaired) electrons. The summed E-state index contributed by atoms with van der Waals surface area (Å²) in [6, 6.07) is 9.68. The monoisotopic (exact) mass is 437 g/mol. The molecular weight excluding hydrogens is 406 g/mol. The van der Waals surface area contributed by atoms with Crippen LogP contribution in [0.15, 0.2) is 35.1 Å². The molecule has 9 heteroatoms. The maximum atomic E-state index is 13.0. The molecule has 1 aromatic carbocycles. The number of hydrogen-bond donors (Lipinski definition) is 1. The van der Waals surface area contributed by atoms with Gasteiger partial charge in [0.25, 0.3) is 5.56 Å². The molecule has 0 aliphatic carbocycles. The Morgan fingerprint density at radius 2 is 1.81 bits per heavy atom. The molecule has 170 valence electrons. The summed E-state index contributed by atoms with van der Waals surface area (Å²) in [4.78, 5) is 34.6. The summed E-state index contributed by atoms with van der Waals surface area (Å²) in [5.41, 5.74) is 3.15. The molecule has 9 nitrogen and oxygen atoms in total. The number of nitrogens with one attached hydrogen (secondary N) is 1. The summed E-state index contributed by atoms with van der Waals surface area (Å²) >= 11 is 0. The van der Waals surface area contributed by atoms with E-state index in [-0.39, 0.29) is 17.9 Å². The third-order valence-corrected chi connectivity index (χ3v) is 6.06. The summed E-state index contributed by atoms with van der Waals surface area (Å²) in [6.45, 7) is 7.54. The van der Waals surface area contributed by atoms with Gasteiger partial charge in [-0.15, -0.1) is 0 Å². The molecule has 4 rings (SSSR count). The van der Waals surface area contributed by atoms with E-state index in [9.17, 15) is 9.59 Å². The van der Waals surface area contributed by atoms with E-state index >= 15 is 0 Å². The second kappa shape index (κ2) is 9.62. The Morgan fingerprint density at radius 3 is 2.53 bits per heavy atom. The number of nitrogens with zero attached hydrogens (tertiary/aromatic N) is 6. The number of para-hydroxylation sites is 1. The Kier molecular flexibility index (Phi) is 6.66. The van der Waals surface area contributed by atoms with Gasteiger partial charge in [0.1, 0.15) is 11.2 Å². The number of amides is 1. The lowest BCUT2D eigenvalue weighted by Gasteiger charge is -2.32. The number of fused-ring (bicyclic) bond motifs is 1. The van der Waals surface area contributed by atoms with E-state index in [0.717, 1.165) is 44.1 Å². The third kappa shape index (κ3) is 4.73. The van der Waals surface area contributed by atoms with Gasteiger partial charge in [0.2, 0.25) is 5.91 Å². The molecule has 0 spiro atoms. The lowest BCUT2D eigenvalue weighted by Crippen LogP contribution is -2.46. The van der Waals surface area contributed by atoms with Gasteiger partial charge in [0.05, 0.1) is 11.4 Å². The van der Waals surface area contributed by atoms with Crippen molar-refractivity contribution in [1.29, 1.82) is 0 Å². The highest BCUT2D eigenvalue weighted by molar-refractivity contribution is 5.77. The number of carbonyl (C=O) groups is 1. The van der Waals surface area contributed by atoms with Gasteiger partial charge in [-0.3, -0.25) is 19.1 Å². The van der Waals surface area contributed by atoms with Gasteiger partial charge < -0.3 is 10.2 Å². The van der Waals surface area contributed by atoms with Crippen molar-refractivity contribution in [1.82, 2.24) is 34.4 Å². The summed E-state index contributed by atoms with van der Waals surface area (Å²) in [5, 5.41) is 7.57. The van der Waals surface area contributed by atoms with Crippen molar-refractivity contribution in [2.75, 3.05) is 46.3 Å². The number of piperazine rings is 1. The molecule has 1 amide bonds. The zero-order chi connectivity index (χ0) is 22.7. The molecule has 1 aliphatic rings. The predicted molar refractivity (Wildman–Crippen MR) is 124 cm³/mol. The van der Waals surface area contributed by atoms with Crippen molar-refractivity contribution in [3.05, 3.63) is 52.1 Å². The van der Waals surface area contributed by atoms with Crippen molar-refractivity contribution < 1.29 is 4.79 Å². The standard InChI is InChI=1S/C23H31N7O2/c1-17-21-22(30(26-17)18-7-5-4-6-8-18)28(3)23(32)19(25-21)9-10-20(31)24-11-12-29-15-13-27(2)14-16-29/h4-8H,9-16H2,1-3H3,(H,24,31). The van der Waals surface area contributed by atoms with Crippen LogP contribution in [0.1, 0.15) is 17.8 Å². The van der Waals surface area contributed by atoms with Crippen LogP contribution in [-0.2, 0) is 18.3 Å². The van der Waals surface area contributed by atoms with Crippen molar-refractivity contribution in [2.24, 2.45) is 7.05 Å². The number of rotatable bonds is 7. The Hall–Kier alpha value is -3.04. The highest BCUT2D eigenvalue weighted by atomic mass is 16.1. The van der Waals surface area contributed by atoms with Crippen LogP contribution >= 0.6 is 0 Å². The van der Waals surface area contributed by atoms with Crippen LogP contribution < -0.4 is 10.9 Å². The Labute approximate surface area is 187 Å². The number of benzene rings is 1. The topological polar surface area (TPSA) is 88.3 Å². The number of aromatic nitrogens is 4. The molecule has 0 unspecified atom stereocenters. The van der Waals surface area contributed by atoms with E-state index in [1.54, 1.807) is 16.3 Å². The van der Waals surface area contributed by atoms with Crippen molar-refractivity contribution in [2.45, 2.75) is 19.8 Å². The Morgan fingerprint density at radius 1 is 1.09 bits per heavy atom. The highest BCUT2D eigenvalue weighted by Crippen LogP contribution is 2.19. The van der Waals surface area contributed by atoms with Crippen molar-refractivity contribution in [3.8, 4) is 5.69 Å². The van der Waals surface area contributed by atoms with Crippen LogP contribution in [0.2, 0.25) is 0 Å². The minimum Gasteiger partial charge on any atom is -0.355 e. The van der Waals surface area contributed by atoms with E-state index in [2.05, 4.69) is 32.2 Å². The molecule has 32 heavy (non-hydrogen) atoms. The van der Waals surface area contributed by atoms with Crippen LogP contribution in [0.25, 0.3) is 16.9 Å². The fraction of sp³-hybridized carbons (Fsp3) is 0.478. The fourth-order valence-corrected chi connectivity index (χ4v) is 4.07. The number of likely N-dealkylation sites (N-methyl/N-ethyl adjacent to an activating group) is 1. The molecule has 1 N–H and O–H groups in total. The summed E-state index contributed by atoms with van der Waals surface area (Å²) in [6.07, 6.45) is 0.543. The fourth-order valence-electron chi connectivity index (χ4n) is 4.07. The zero-order valence-electron chi connectivity index (χ0n) is 19.0. The van der Waals surface area contributed by atoms with E-state index in [4.69, 9.17) is 0 Å². The summed E-state index contributed by atoms with van der Waals surface area (Å²) in [5.74, 6) is -0.0558. The van der Waals surface area contributed by atoms with E-state index in [1.807, 2.05) is 37.3 Å². The molecule has 0 bridgehead atoms. The summed E-state index contributed by atoms with van der Waals surface area (Å²) < 4.78 is 3.32. The first kappa shape index (κ1) is 22.2. The van der Waals surface area contributed by atoms with E-state index in [1.165, 1.54) is 0 Å². The predicted octanol–water partition coefficient (Wildman–Crippen LogP) is 0.724. The molecule has 3 heterocycles. The largest absolute Gasteiger partial charge is 0.355 e. The molecule has 1 fully saturated rings. The van der Waals surface area contributed by atoms with Crippen LogP contribution in [0.4, 0.5) is 0 Å². The highest BCUT2D eigenvalue weighted by Gasteiger charge is 2.18. The molecule has 1 saturated heterocycles. The maximum Gasteiger partial charge on any atom is 0.273 e. The van der Waals surface area contributed by atoms with Gasteiger partial charge in [0, 0.05) is 59.2 Å². The van der Waals surface area contributed by atoms with E-state index < -0.39 is 0 Å². The Bertz CT molecular complexity index is 1140. The lowest BCUT2D eigenvalue weighted by molar-refractivity contribution is -0.121. The van der Waals surface area contributed by atoms with Crippen molar-refractivity contribution in [3.63, 3.8) is 0 Å². The van der Waals surface area contributed by atoms with Crippen LogP contribution in [0, 0.1) is 6.92 Å². The smallest absolute Gasteiger partial charge is 0.273 e. The van der Waals surface area contributed by atoms with Gasteiger partial charge in [-0.05, 0) is 26.1 Å². The normalized spacial score (nSPS) is 15.3.